The van der Waals surface area contributed by atoms with Crippen LogP contribution in [0.2, 0.25) is 0 Å². The van der Waals surface area contributed by atoms with Gasteiger partial charge in [0.2, 0.25) is 0 Å². The molecule has 0 spiro atoms. The van der Waals surface area contributed by atoms with E-state index in [1.54, 1.807) is 18.2 Å². The maximum atomic E-state index is 11.1. The molecule has 122 valence electrons. The number of ether oxygens (including phenoxy) is 2. The molecule has 0 N–H and O–H groups in total. The molecule has 2 aromatic rings. The maximum Gasteiger partial charge on any atom is 0.296 e. The van der Waals surface area contributed by atoms with Crippen LogP contribution in [0, 0.1) is 0 Å². The first-order valence-electron chi connectivity index (χ1n) is 7.31. The highest BCUT2D eigenvalue weighted by atomic mass is 32.2. The number of hydrogen-bond acceptors (Lipinski definition) is 5. The summed E-state index contributed by atoms with van der Waals surface area (Å²) in [4.78, 5) is 0.121. The van der Waals surface area contributed by atoms with E-state index < -0.39 is 10.1 Å². The third kappa shape index (κ3) is 4.58. The van der Waals surface area contributed by atoms with E-state index in [4.69, 9.17) is 10.8 Å². The molecule has 3 rings (SSSR count). The molecule has 0 atom stereocenters. The zero-order valence-corrected chi connectivity index (χ0v) is 13.7. The topological polar surface area (TPSA) is 61.8 Å². The standard InChI is InChI=1S/C9H8O.C8H10O4S/c1-2-6-9-8(4-1)5-3-7-10-9;1-11-7-3-5-8(6-4-7)13(9,10)12-2/h1-6H,7H2;3-6H,1-2H3/i4D;. The molecule has 23 heavy (non-hydrogen) atoms. The van der Waals surface area contributed by atoms with Crippen molar-refractivity contribution < 1.29 is 23.4 Å². The highest BCUT2D eigenvalue weighted by Gasteiger charge is 2.11. The second kappa shape index (κ2) is 7.80. The van der Waals surface area contributed by atoms with Gasteiger partial charge < -0.3 is 9.47 Å². The number of hydrogen-bond donors (Lipinski definition) is 0. The Morgan fingerprint density at radius 3 is 2.48 bits per heavy atom. The van der Waals surface area contributed by atoms with Gasteiger partial charge in [0.1, 0.15) is 18.1 Å². The molecule has 0 amide bonds. The molecule has 0 saturated carbocycles. The molecule has 1 aliphatic rings. The van der Waals surface area contributed by atoms with Gasteiger partial charge in [0.25, 0.3) is 10.1 Å². The van der Waals surface area contributed by atoms with Crippen LogP contribution in [0.3, 0.4) is 0 Å². The van der Waals surface area contributed by atoms with Gasteiger partial charge in [-0.1, -0.05) is 24.3 Å². The third-order valence-electron chi connectivity index (χ3n) is 3.04. The highest BCUT2D eigenvalue weighted by molar-refractivity contribution is 7.86. The minimum atomic E-state index is -3.58. The number of benzene rings is 2. The van der Waals surface area contributed by atoms with Crippen molar-refractivity contribution in [2.24, 2.45) is 0 Å². The molecule has 0 fully saturated rings. The smallest absolute Gasteiger partial charge is 0.296 e. The van der Waals surface area contributed by atoms with E-state index in [1.165, 1.54) is 19.2 Å². The Hall–Kier alpha value is -2.31. The van der Waals surface area contributed by atoms with E-state index in [1.807, 2.05) is 24.3 Å². The summed E-state index contributed by atoms with van der Waals surface area (Å²) in [6.07, 6.45) is 3.85. The lowest BCUT2D eigenvalue weighted by Crippen LogP contribution is -2.02. The summed E-state index contributed by atoms with van der Waals surface area (Å²) in [5.74, 6) is 1.43. The second-order valence-corrected chi connectivity index (χ2v) is 6.17. The van der Waals surface area contributed by atoms with Gasteiger partial charge in [-0.15, -0.1) is 0 Å². The van der Waals surface area contributed by atoms with Gasteiger partial charge in [0.05, 0.1) is 20.5 Å². The molecule has 0 saturated heterocycles. The van der Waals surface area contributed by atoms with Crippen LogP contribution in [-0.2, 0) is 14.3 Å². The average Bonchev–Trinajstić information content (AvgIpc) is 2.63. The lowest BCUT2D eigenvalue weighted by molar-refractivity contribution is 0.358. The van der Waals surface area contributed by atoms with Gasteiger partial charge in [-0.3, -0.25) is 4.18 Å². The summed E-state index contributed by atoms with van der Waals surface area (Å²) < 4.78 is 44.3. The van der Waals surface area contributed by atoms with E-state index in [2.05, 4.69) is 4.18 Å². The van der Waals surface area contributed by atoms with Crippen LogP contribution in [0.4, 0.5) is 0 Å². The molecule has 0 aromatic heterocycles. The van der Waals surface area contributed by atoms with E-state index in [-0.39, 0.29) is 4.90 Å². The Bertz CT molecular complexity index is 813. The number of methoxy groups -OCH3 is 1. The van der Waals surface area contributed by atoms with Crippen molar-refractivity contribution in [3.8, 4) is 11.5 Å². The normalized spacial score (nSPS) is 13.0. The number of fused-ring (bicyclic) bond motifs is 1. The van der Waals surface area contributed by atoms with E-state index in [9.17, 15) is 8.42 Å². The third-order valence-corrected chi connectivity index (χ3v) is 4.32. The molecule has 0 aliphatic carbocycles. The second-order valence-electron chi connectivity index (χ2n) is 4.46. The van der Waals surface area contributed by atoms with Crippen molar-refractivity contribution in [2.75, 3.05) is 20.8 Å². The molecular formula is C17H18O5S. The van der Waals surface area contributed by atoms with E-state index >= 15 is 0 Å². The molecule has 0 radical (unpaired) electrons. The lowest BCUT2D eigenvalue weighted by atomic mass is 10.1. The quantitative estimate of drug-likeness (QED) is 0.807. The number of para-hydroxylation sites is 1. The Morgan fingerprint density at radius 2 is 1.87 bits per heavy atom. The monoisotopic (exact) mass is 335 g/mol. The van der Waals surface area contributed by atoms with Crippen molar-refractivity contribution in [2.45, 2.75) is 4.90 Å². The first-order valence-corrected chi connectivity index (χ1v) is 8.22. The molecule has 0 bridgehead atoms. The molecule has 5 nitrogen and oxygen atoms in total. The van der Waals surface area contributed by atoms with Gasteiger partial charge >= 0.3 is 0 Å². The van der Waals surface area contributed by atoms with Crippen LogP contribution in [0.15, 0.2) is 59.5 Å². The Morgan fingerprint density at radius 1 is 1.13 bits per heavy atom. The van der Waals surface area contributed by atoms with Gasteiger partial charge in [0.15, 0.2) is 0 Å². The van der Waals surface area contributed by atoms with Crippen molar-refractivity contribution in [3.05, 3.63) is 60.1 Å². The van der Waals surface area contributed by atoms with Crippen molar-refractivity contribution >= 4 is 16.2 Å². The van der Waals surface area contributed by atoms with Crippen LogP contribution < -0.4 is 9.47 Å². The minimum absolute atomic E-state index is 0.121. The molecular weight excluding hydrogens is 316 g/mol. The van der Waals surface area contributed by atoms with Gasteiger partial charge in [-0.2, -0.15) is 8.42 Å². The van der Waals surface area contributed by atoms with Crippen LogP contribution in [0.5, 0.6) is 11.5 Å². The zero-order valence-electron chi connectivity index (χ0n) is 13.9. The average molecular weight is 335 g/mol. The Balaban J connectivity index is 0.000000175. The zero-order chi connectivity index (χ0) is 17.6. The fourth-order valence-corrected chi connectivity index (χ4v) is 2.49. The fourth-order valence-electron chi connectivity index (χ4n) is 1.83. The van der Waals surface area contributed by atoms with Crippen LogP contribution in [-0.4, -0.2) is 29.2 Å². The van der Waals surface area contributed by atoms with Gasteiger partial charge in [-0.25, -0.2) is 0 Å². The summed E-state index contributed by atoms with van der Waals surface area (Å²) >= 11 is 0. The molecule has 2 aromatic carbocycles. The van der Waals surface area contributed by atoms with Crippen LogP contribution >= 0.6 is 0 Å². The van der Waals surface area contributed by atoms with Crippen molar-refractivity contribution in [1.82, 2.24) is 0 Å². The predicted molar refractivity (Wildman–Crippen MR) is 88.2 cm³/mol. The minimum Gasteiger partial charge on any atom is -0.497 e. The van der Waals surface area contributed by atoms with Crippen LogP contribution in [0.1, 0.15) is 6.93 Å². The summed E-state index contributed by atoms with van der Waals surface area (Å²) in [6.45, 7) is 0.621. The SMILES string of the molecule is COc1ccc(S(=O)(=O)OC)cc1.[2H]c1cccc2c1C=CCO2. The van der Waals surface area contributed by atoms with Gasteiger partial charge in [-0.05, 0) is 36.4 Å². The van der Waals surface area contributed by atoms with E-state index in [0.717, 1.165) is 18.4 Å². The summed E-state index contributed by atoms with van der Waals surface area (Å²) in [5.41, 5.74) is 0.888. The predicted octanol–water partition coefficient (Wildman–Crippen LogP) is 3.12. The Labute approximate surface area is 137 Å². The lowest BCUT2D eigenvalue weighted by Gasteiger charge is -2.10. The molecule has 0 unspecified atom stereocenters. The first-order chi connectivity index (χ1) is 11.5. The van der Waals surface area contributed by atoms with Gasteiger partial charge in [0, 0.05) is 5.56 Å². The van der Waals surface area contributed by atoms with Crippen LogP contribution in [0.25, 0.3) is 6.08 Å². The first kappa shape index (κ1) is 15.6. The summed E-state index contributed by atoms with van der Waals surface area (Å²) in [5, 5.41) is 0. The summed E-state index contributed by atoms with van der Waals surface area (Å²) in [7, 11) is -0.940. The highest BCUT2D eigenvalue weighted by Crippen LogP contribution is 2.21. The number of rotatable bonds is 3. The van der Waals surface area contributed by atoms with Crippen molar-refractivity contribution in [1.29, 1.82) is 0 Å². The molecule has 1 aliphatic heterocycles. The maximum absolute atomic E-state index is 11.1. The fraction of sp³-hybridized carbons (Fsp3) is 0.176. The molecule has 6 heteroatoms. The largest absolute Gasteiger partial charge is 0.497 e. The van der Waals surface area contributed by atoms with Crippen molar-refractivity contribution in [3.63, 3.8) is 0 Å². The Kier molecular flexibility index (Phi) is 5.29. The molecule has 1 heterocycles. The summed E-state index contributed by atoms with van der Waals surface area (Å²) in [6, 6.07) is 12.0. The van der Waals surface area contributed by atoms with E-state index in [0.29, 0.717) is 18.4 Å².